The molecule has 0 amide bonds. The second kappa shape index (κ2) is 4.27. The van der Waals surface area contributed by atoms with Crippen LogP contribution in [0.15, 0.2) is 0 Å². The van der Waals surface area contributed by atoms with E-state index in [1.165, 1.54) is 12.8 Å². The van der Waals surface area contributed by atoms with Crippen LogP contribution >= 0.6 is 11.8 Å². The molecule has 0 rings (SSSR count). The van der Waals surface area contributed by atoms with Crippen molar-refractivity contribution in [3.05, 3.63) is 0 Å². The van der Waals surface area contributed by atoms with E-state index in [9.17, 15) is 0 Å². The first-order chi connectivity index (χ1) is 4.48. The lowest BCUT2D eigenvalue weighted by Crippen LogP contribution is -2.14. The van der Waals surface area contributed by atoms with Gasteiger partial charge in [-0.05, 0) is 25.0 Å². The Morgan fingerprint density at radius 2 is 1.80 bits per heavy atom. The van der Waals surface area contributed by atoms with Gasteiger partial charge in [-0.2, -0.15) is 11.8 Å². The van der Waals surface area contributed by atoms with Crippen LogP contribution in [-0.2, 0) is 0 Å². The second-order valence-corrected chi connectivity index (χ2v) is 5.41. The number of thioether (sulfide) groups is 1. The molecule has 0 unspecified atom stereocenters. The summed E-state index contributed by atoms with van der Waals surface area (Å²) in [6, 6.07) is 0. The zero-order valence-corrected chi connectivity index (χ0v) is 8.72. The molecular weight excluding hydrogens is 140 g/mol. The van der Waals surface area contributed by atoms with E-state index in [1.54, 1.807) is 0 Å². The first-order valence-corrected chi connectivity index (χ1v) is 5.25. The van der Waals surface area contributed by atoms with Crippen molar-refractivity contribution in [3.8, 4) is 0 Å². The molecule has 0 saturated carbocycles. The molecule has 0 aliphatic heterocycles. The zero-order valence-electron chi connectivity index (χ0n) is 7.90. The van der Waals surface area contributed by atoms with E-state index in [0.29, 0.717) is 4.75 Å². The van der Waals surface area contributed by atoms with Crippen LogP contribution < -0.4 is 0 Å². The quantitative estimate of drug-likeness (QED) is 0.606. The van der Waals surface area contributed by atoms with Gasteiger partial charge in [0.1, 0.15) is 0 Å². The highest BCUT2D eigenvalue weighted by atomic mass is 32.2. The number of rotatable bonds is 4. The zero-order chi connectivity index (χ0) is 8.20. The van der Waals surface area contributed by atoms with Gasteiger partial charge in [-0.25, -0.2) is 0 Å². The highest BCUT2D eigenvalue weighted by molar-refractivity contribution is 7.99. The van der Waals surface area contributed by atoms with Crippen LogP contribution in [0.2, 0.25) is 0 Å². The monoisotopic (exact) mass is 160 g/mol. The Labute approximate surface area is 69.8 Å². The maximum Gasteiger partial charge on any atom is 0.0101 e. The Kier molecular flexibility index (Phi) is 4.42. The van der Waals surface area contributed by atoms with Gasteiger partial charge in [0.15, 0.2) is 0 Å². The Bertz CT molecular complexity index is 84.7. The van der Waals surface area contributed by atoms with Crippen molar-refractivity contribution >= 4 is 11.8 Å². The SMILES string of the molecule is CSC(C)(C)CCC(C)C. The predicted octanol–water partition coefficient (Wildman–Crippen LogP) is 3.56. The minimum atomic E-state index is 0.490. The summed E-state index contributed by atoms with van der Waals surface area (Å²) in [4.78, 5) is 0. The first-order valence-electron chi connectivity index (χ1n) is 4.03. The van der Waals surface area contributed by atoms with Gasteiger partial charge in [-0.15, -0.1) is 0 Å². The highest BCUT2D eigenvalue weighted by Crippen LogP contribution is 2.28. The van der Waals surface area contributed by atoms with Gasteiger partial charge >= 0.3 is 0 Å². The van der Waals surface area contributed by atoms with Gasteiger partial charge in [0.05, 0.1) is 0 Å². The Hall–Kier alpha value is 0.350. The molecule has 0 saturated heterocycles. The van der Waals surface area contributed by atoms with Crippen LogP contribution in [0.25, 0.3) is 0 Å². The van der Waals surface area contributed by atoms with Gasteiger partial charge in [0, 0.05) is 4.75 Å². The van der Waals surface area contributed by atoms with Crippen molar-refractivity contribution in [1.29, 1.82) is 0 Å². The summed E-state index contributed by atoms with van der Waals surface area (Å²) < 4.78 is 0.490. The maximum atomic E-state index is 2.32. The lowest BCUT2D eigenvalue weighted by atomic mass is 10.0. The van der Waals surface area contributed by atoms with Crippen LogP contribution in [-0.4, -0.2) is 11.0 Å². The molecule has 0 nitrogen and oxygen atoms in total. The van der Waals surface area contributed by atoms with Crippen LogP contribution in [0.5, 0.6) is 0 Å². The largest absolute Gasteiger partial charge is 0.159 e. The summed E-state index contributed by atoms with van der Waals surface area (Å²) in [7, 11) is 0. The smallest absolute Gasteiger partial charge is 0.0101 e. The molecule has 0 radical (unpaired) electrons. The molecule has 0 aromatic carbocycles. The summed E-state index contributed by atoms with van der Waals surface area (Å²) in [5.41, 5.74) is 0. The molecule has 10 heavy (non-hydrogen) atoms. The Balaban J connectivity index is 3.46. The molecule has 0 spiro atoms. The lowest BCUT2D eigenvalue weighted by Gasteiger charge is -2.22. The number of hydrogen-bond acceptors (Lipinski definition) is 1. The minimum Gasteiger partial charge on any atom is -0.159 e. The third-order valence-corrected chi connectivity index (χ3v) is 3.19. The third-order valence-electron chi connectivity index (χ3n) is 1.88. The van der Waals surface area contributed by atoms with Crippen molar-refractivity contribution in [2.24, 2.45) is 5.92 Å². The van der Waals surface area contributed by atoms with Gasteiger partial charge in [0.2, 0.25) is 0 Å². The Morgan fingerprint density at radius 3 is 2.10 bits per heavy atom. The molecular formula is C9H20S. The average Bonchev–Trinajstić information content (AvgIpc) is 1.85. The van der Waals surface area contributed by atoms with Gasteiger partial charge in [-0.1, -0.05) is 27.7 Å². The van der Waals surface area contributed by atoms with E-state index in [2.05, 4.69) is 34.0 Å². The van der Waals surface area contributed by atoms with Crippen molar-refractivity contribution in [2.45, 2.75) is 45.3 Å². The van der Waals surface area contributed by atoms with Crippen LogP contribution in [0.4, 0.5) is 0 Å². The number of hydrogen-bond donors (Lipinski definition) is 0. The fraction of sp³-hybridized carbons (Fsp3) is 1.00. The summed E-state index contributed by atoms with van der Waals surface area (Å²) in [5, 5.41) is 0. The average molecular weight is 160 g/mol. The van der Waals surface area contributed by atoms with Crippen LogP contribution in [0, 0.1) is 5.92 Å². The molecule has 0 heterocycles. The van der Waals surface area contributed by atoms with Crippen LogP contribution in [0.3, 0.4) is 0 Å². The van der Waals surface area contributed by atoms with Crippen molar-refractivity contribution < 1.29 is 0 Å². The molecule has 0 aromatic rings. The maximum absolute atomic E-state index is 2.32. The summed E-state index contributed by atoms with van der Waals surface area (Å²) in [6.45, 7) is 9.22. The van der Waals surface area contributed by atoms with E-state index in [1.807, 2.05) is 11.8 Å². The third kappa shape index (κ3) is 5.16. The van der Waals surface area contributed by atoms with Crippen molar-refractivity contribution in [1.82, 2.24) is 0 Å². The minimum absolute atomic E-state index is 0.490. The standard InChI is InChI=1S/C9H20S/c1-8(2)6-7-9(3,4)10-5/h8H,6-7H2,1-5H3. The molecule has 0 aromatic heterocycles. The normalized spacial score (nSPS) is 12.6. The molecule has 62 valence electrons. The lowest BCUT2D eigenvalue weighted by molar-refractivity contribution is 0.502. The molecule has 1 heteroatoms. The summed E-state index contributed by atoms with van der Waals surface area (Å²) >= 11 is 1.97. The van der Waals surface area contributed by atoms with E-state index in [4.69, 9.17) is 0 Å². The molecule has 0 atom stereocenters. The van der Waals surface area contributed by atoms with Gasteiger partial charge < -0.3 is 0 Å². The van der Waals surface area contributed by atoms with Crippen LogP contribution in [0.1, 0.15) is 40.5 Å². The Morgan fingerprint density at radius 1 is 1.30 bits per heavy atom. The predicted molar refractivity (Wildman–Crippen MR) is 51.7 cm³/mol. The van der Waals surface area contributed by atoms with E-state index < -0.39 is 0 Å². The molecule has 0 N–H and O–H groups in total. The van der Waals surface area contributed by atoms with E-state index in [0.717, 1.165) is 5.92 Å². The van der Waals surface area contributed by atoms with E-state index in [-0.39, 0.29) is 0 Å². The molecule has 0 aliphatic rings. The summed E-state index contributed by atoms with van der Waals surface area (Å²) in [5.74, 6) is 0.853. The van der Waals surface area contributed by atoms with E-state index >= 15 is 0 Å². The molecule has 0 fully saturated rings. The van der Waals surface area contributed by atoms with Crippen molar-refractivity contribution in [3.63, 3.8) is 0 Å². The van der Waals surface area contributed by atoms with Gasteiger partial charge in [-0.3, -0.25) is 0 Å². The topological polar surface area (TPSA) is 0 Å². The second-order valence-electron chi connectivity index (χ2n) is 3.90. The fourth-order valence-corrected chi connectivity index (χ4v) is 1.06. The fourth-order valence-electron chi connectivity index (χ4n) is 0.738. The van der Waals surface area contributed by atoms with Gasteiger partial charge in [0.25, 0.3) is 0 Å². The summed E-state index contributed by atoms with van der Waals surface area (Å²) in [6.07, 6.45) is 4.89. The first kappa shape index (κ1) is 10.3. The molecule has 0 bridgehead atoms. The highest BCUT2D eigenvalue weighted by Gasteiger charge is 2.15. The molecule has 0 aliphatic carbocycles. The van der Waals surface area contributed by atoms with Crippen molar-refractivity contribution in [2.75, 3.05) is 6.26 Å².